The molecule has 0 saturated carbocycles. The molecule has 1 aromatic carbocycles. The predicted molar refractivity (Wildman–Crippen MR) is 91.0 cm³/mol. The number of amides is 1. The molecule has 0 spiro atoms. The molecule has 1 heterocycles. The molecule has 0 fully saturated rings. The van der Waals surface area contributed by atoms with Crippen molar-refractivity contribution in [2.75, 3.05) is 12.4 Å². The van der Waals surface area contributed by atoms with Crippen LogP contribution in [0.3, 0.4) is 0 Å². The third-order valence-corrected chi connectivity index (χ3v) is 3.73. The lowest BCUT2D eigenvalue weighted by Crippen LogP contribution is -2.28. The number of methoxy groups -OCH3 is 1. The van der Waals surface area contributed by atoms with Crippen LogP contribution >= 0.6 is 0 Å². The second-order valence-corrected chi connectivity index (χ2v) is 5.35. The van der Waals surface area contributed by atoms with E-state index in [2.05, 4.69) is 10.3 Å². The summed E-state index contributed by atoms with van der Waals surface area (Å²) in [6, 6.07) is 9.07. The molecular formula is C18H13FN4O4. The van der Waals surface area contributed by atoms with Gasteiger partial charge in [-0.2, -0.15) is 15.5 Å². The molecule has 0 saturated heterocycles. The van der Waals surface area contributed by atoms with E-state index in [1.54, 1.807) is 6.07 Å². The molecule has 0 aliphatic rings. The van der Waals surface area contributed by atoms with Crippen LogP contribution in [0.1, 0.15) is 18.1 Å². The van der Waals surface area contributed by atoms with Crippen molar-refractivity contribution >= 4 is 17.7 Å². The summed E-state index contributed by atoms with van der Waals surface area (Å²) < 4.78 is 19.4. The number of pyridine rings is 1. The van der Waals surface area contributed by atoms with E-state index >= 15 is 0 Å². The summed E-state index contributed by atoms with van der Waals surface area (Å²) in [4.78, 5) is 27.0. The molecule has 2 aromatic rings. The van der Waals surface area contributed by atoms with E-state index in [1.165, 1.54) is 25.3 Å². The van der Waals surface area contributed by atoms with Crippen molar-refractivity contribution in [3.8, 4) is 29.1 Å². The van der Waals surface area contributed by atoms with Gasteiger partial charge in [-0.3, -0.25) is 9.59 Å². The zero-order valence-corrected chi connectivity index (χ0v) is 14.3. The van der Waals surface area contributed by atoms with Crippen LogP contribution in [0.2, 0.25) is 0 Å². The van der Waals surface area contributed by atoms with Gasteiger partial charge in [0.2, 0.25) is 11.8 Å². The molecule has 0 bridgehead atoms. The Bertz CT molecular complexity index is 1010. The molecule has 27 heavy (non-hydrogen) atoms. The number of carbonyl (C=O) groups is 2. The second-order valence-electron chi connectivity index (χ2n) is 5.35. The topological polar surface area (TPSA) is 136 Å². The number of ether oxygens (including phenoxy) is 1. The number of nitrogens with one attached hydrogen (secondary N) is 1. The van der Waals surface area contributed by atoms with Gasteiger partial charge in [0.15, 0.2) is 5.82 Å². The number of benzene rings is 1. The third kappa shape index (κ3) is 3.67. The Kier molecular flexibility index (Phi) is 5.68. The molecular weight excluding hydrogens is 355 g/mol. The number of hydrogen-bond donors (Lipinski definition) is 2. The van der Waals surface area contributed by atoms with E-state index in [9.17, 15) is 24.5 Å². The molecule has 9 heteroatoms. The van der Waals surface area contributed by atoms with E-state index in [1.807, 2.05) is 6.07 Å². The van der Waals surface area contributed by atoms with Crippen LogP contribution in [0.15, 0.2) is 24.3 Å². The number of hydrogen-bond acceptors (Lipinski definition) is 6. The molecule has 0 aliphatic heterocycles. The number of halogens is 1. The fourth-order valence-electron chi connectivity index (χ4n) is 2.28. The standard InChI is InChI=1S/C18H13FN4O4/c1-9(18(25)26)16(24)22-15-11(7-20)14(10-5-3-4-6-13(10)19)12(8-21)17(23-15)27-2/h3-6,9H,1-2H3,(H,25,26)(H,22,23,24). The number of aliphatic carboxylic acids is 1. The number of aromatic nitrogens is 1. The van der Waals surface area contributed by atoms with Crippen molar-refractivity contribution in [1.82, 2.24) is 4.98 Å². The van der Waals surface area contributed by atoms with Crippen LogP contribution in [0, 0.1) is 34.4 Å². The van der Waals surface area contributed by atoms with Gasteiger partial charge >= 0.3 is 5.97 Å². The van der Waals surface area contributed by atoms with Crippen LogP contribution in [0.25, 0.3) is 11.1 Å². The smallest absolute Gasteiger partial charge is 0.315 e. The van der Waals surface area contributed by atoms with Crippen molar-refractivity contribution in [2.45, 2.75) is 6.92 Å². The first-order valence-electron chi connectivity index (χ1n) is 7.56. The van der Waals surface area contributed by atoms with Gasteiger partial charge in [-0.25, -0.2) is 4.39 Å². The Morgan fingerprint density at radius 3 is 2.41 bits per heavy atom. The van der Waals surface area contributed by atoms with Crippen molar-refractivity contribution < 1.29 is 23.8 Å². The summed E-state index contributed by atoms with van der Waals surface area (Å²) in [5.41, 5.74) is -0.650. The summed E-state index contributed by atoms with van der Waals surface area (Å²) in [5, 5.41) is 30.2. The number of carbonyl (C=O) groups excluding carboxylic acids is 1. The minimum atomic E-state index is -1.42. The van der Waals surface area contributed by atoms with Gasteiger partial charge in [0.25, 0.3) is 0 Å². The van der Waals surface area contributed by atoms with Gasteiger partial charge in [0, 0.05) is 11.1 Å². The highest BCUT2D eigenvalue weighted by molar-refractivity contribution is 6.04. The lowest BCUT2D eigenvalue weighted by Gasteiger charge is -2.16. The maximum Gasteiger partial charge on any atom is 0.315 e. The Labute approximate surface area is 153 Å². The first-order valence-corrected chi connectivity index (χ1v) is 7.56. The number of anilines is 1. The average Bonchev–Trinajstić information content (AvgIpc) is 2.66. The quantitative estimate of drug-likeness (QED) is 0.773. The largest absolute Gasteiger partial charge is 0.481 e. The first kappa shape index (κ1) is 19.3. The van der Waals surface area contributed by atoms with Crippen LogP contribution in [-0.4, -0.2) is 29.1 Å². The summed E-state index contributed by atoms with van der Waals surface area (Å²) in [6.07, 6.45) is 0. The average molecular weight is 368 g/mol. The van der Waals surface area contributed by atoms with Crippen LogP contribution in [-0.2, 0) is 9.59 Å². The molecule has 8 nitrogen and oxygen atoms in total. The number of carboxylic acid groups (broad SMARTS) is 1. The predicted octanol–water partition coefficient (Wildman–Crippen LogP) is 2.30. The van der Waals surface area contributed by atoms with E-state index in [0.717, 1.165) is 13.0 Å². The second kappa shape index (κ2) is 7.93. The molecule has 1 atom stereocenters. The fraction of sp³-hybridized carbons (Fsp3) is 0.167. The Balaban J connectivity index is 2.78. The van der Waals surface area contributed by atoms with Crippen molar-refractivity contribution in [2.24, 2.45) is 5.92 Å². The monoisotopic (exact) mass is 368 g/mol. The van der Waals surface area contributed by atoms with Crippen molar-refractivity contribution in [1.29, 1.82) is 10.5 Å². The van der Waals surface area contributed by atoms with Gasteiger partial charge < -0.3 is 15.2 Å². The van der Waals surface area contributed by atoms with Crippen LogP contribution < -0.4 is 10.1 Å². The van der Waals surface area contributed by atoms with Gasteiger partial charge in [-0.05, 0) is 13.0 Å². The summed E-state index contributed by atoms with van der Waals surface area (Å²) in [5.74, 6) is -5.00. The number of carboxylic acids is 1. The minimum Gasteiger partial charge on any atom is -0.481 e. The van der Waals surface area contributed by atoms with E-state index < -0.39 is 23.6 Å². The van der Waals surface area contributed by atoms with E-state index in [-0.39, 0.29) is 34.0 Å². The summed E-state index contributed by atoms with van der Waals surface area (Å²) >= 11 is 0. The molecule has 1 unspecified atom stereocenters. The Morgan fingerprint density at radius 1 is 1.26 bits per heavy atom. The van der Waals surface area contributed by atoms with E-state index in [0.29, 0.717) is 0 Å². The van der Waals surface area contributed by atoms with Crippen molar-refractivity contribution in [3.63, 3.8) is 0 Å². The number of rotatable bonds is 5. The Hall–Kier alpha value is -3.98. The zero-order valence-electron chi connectivity index (χ0n) is 14.3. The molecule has 2 rings (SSSR count). The third-order valence-electron chi connectivity index (χ3n) is 3.73. The van der Waals surface area contributed by atoms with Gasteiger partial charge in [0.05, 0.1) is 7.11 Å². The van der Waals surface area contributed by atoms with E-state index in [4.69, 9.17) is 9.84 Å². The summed E-state index contributed by atoms with van der Waals surface area (Å²) in [6.45, 7) is 1.16. The molecule has 0 radical (unpaired) electrons. The number of nitrogens with zero attached hydrogens (tertiary/aromatic N) is 3. The highest BCUT2D eigenvalue weighted by Crippen LogP contribution is 2.37. The van der Waals surface area contributed by atoms with Crippen LogP contribution in [0.5, 0.6) is 5.88 Å². The first-order chi connectivity index (χ1) is 12.8. The van der Waals surface area contributed by atoms with Gasteiger partial charge in [-0.1, -0.05) is 18.2 Å². The lowest BCUT2D eigenvalue weighted by molar-refractivity contribution is -0.144. The van der Waals surface area contributed by atoms with Gasteiger partial charge in [-0.15, -0.1) is 0 Å². The van der Waals surface area contributed by atoms with Crippen molar-refractivity contribution in [3.05, 3.63) is 41.2 Å². The van der Waals surface area contributed by atoms with Gasteiger partial charge in [0.1, 0.15) is 35.0 Å². The zero-order chi connectivity index (χ0) is 20.1. The van der Waals surface area contributed by atoms with Crippen LogP contribution in [0.4, 0.5) is 10.2 Å². The normalized spacial score (nSPS) is 11.0. The maximum absolute atomic E-state index is 14.3. The lowest BCUT2D eigenvalue weighted by atomic mass is 9.95. The highest BCUT2D eigenvalue weighted by Gasteiger charge is 2.27. The highest BCUT2D eigenvalue weighted by atomic mass is 19.1. The SMILES string of the molecule is COc1nc(NC(=O)C(C)C(=O)O)c(C#N)c(-c2ccccc2F)c1C#N. The molecule has 0 aliphatic carbocycles. The maximum atomic E-state index is 14.3. The minimum absolute atomic E-state index is 0.0620. The molecule has 1 amide bonds. The Morgan fingerprint density at radius 2 is 1.89 bits per heavy atom. The number of nitriles is 2. The summed E-state index contributed by atoms with van der Waals surface area (Å²) in [7, 11) is 1.21. The molecule has 136 valence electrons. The fourth-order valence-corrected chi connectivity index (χ4v) is 2.28. The molecule has 1 aromatic heterocycles. The molecule has 2 N–H and O–H groups in total.